The number of rotatable bonds is 9. The number of amides is 1. The predicted octanol–water partition coefficient (Wildman–Crippen LogP) is 2.46. The Morgan fingerprint density at radius 1 is 1.26 bits per heavy atom. The summed E-state index contributed by atoms with van der Waals surface area (Å²) in [5, 5.41) is 14.7. The molecular formula is C13H20N2O4. The number of carboxylic acids is 1. The van der Waals surface area contributed by atoms with Crippen LogP contribution in [0.4, 0.5) is 0 Å². The van der Waals surface area contributed by atoms with Crippen molar-refractivity contribution in [1.29, 1.82) is 0 Å². The van der Waals surface area contributed by atoms with Gasteiger partial charge >= 0.3 is 5.97 Å². The predicted molar refractivity (Wildman–Crippen MR) is 69.2 cm³/mol. The summed E-state index contributed by atoms with van der Waals surface area (Å²) in [7, 11) is 0. The molecule has 6 nitrogen and oxygen atoms in total. The van der Waals surface area contributed by atoms with Gasteiger partial charge in [0, 0.05) is 12.6 Å². The van der Waals surface area contributed by atoms with Crippen molar-refractivity contribution >= 4 is 11.9 Å². The van der Waals surface area contributed by atoms with Crippen molar-refractivity contribution in [3.8, 4) is 0 Å². The van der Waals surface area contributed by atoms with E-state index in [-0.39, 0.29) is 11.5 Å². The molecule has 106 valence electrons. The average molecular weight is 268 g/mol. The molecule has 0 atom stereocenters. The van der Waals surface area contributed by atoms with Crippen molar-refractivity contribution < 1.29 is 19.2 Å². The first-order chi connectivity index (χ1) is 9.15. The minimum Gasteiger partial charge on any atom is -0.475 e. The van der Waals surface area contributed by atoms with Gasteiger partial charge in [0.15, 0.2) is 5.69 Å². The Morgan fingerprint density at radius 2 is 1.95 bits per heavy atom. The zero-order chi connectivity index (χ0) is 14.1. The third-order valence-electron chi connectivity index (χ3n) is 2.77. The van der Waals surface area contributed by atoms with Crippen LogP contribution in [0.15, 0.2) is 10.6 Å². The van der Waals surface area contributed by atoms with Crippen molar-refractivity contribution in [1.82, 2.24) is 10.5 Å². The van der Waals surface area contributed by atoms with Gasteiger partial charge in [0.25, 0.3) is 5.91 Å². The lowest BCUT2D eigenvalue weighted by molar-refractivity contribution is 0.0651. The van der Waals surface area contributed by atoms with Crippen molar-refractivity contribution in [3.63, 3.8) is 0 Å². The lowest BCUT2D eigenvalue weighted by Gasteiger charge is -2.02. The van der Waals surface area contributed by atoms with Crippen LogP contribution in [0, 0.1) is 0 Å². The van der Waals surface area contributed by atoms with Gasteiger partial charge in [0.1, 0.15) is 0 Å². The summed E-state index contributed by atoms with van der Waals surface area (Å²) in [5.41, 5.74) is 0.00313. The molecule has 0 saturated carbocycles. The topological polar surface area (TPSA) is 92.4 Å². The highest BCUT2D eigenvalue weighted by molar-refractivity contribution is 5.94. The van der Waals surface area contributed by atoms with Crippen LogP contribution in [0.3, 0.4) is 0 Å². The number of unbranched alkanes of at least 4 members (excludes halogenated alkanes) is 5. The van der Waals surface area contributed by atoms with Crippen molar-refractivity contribution in [2.24, 2.45) is 0 Å². The summed E-state index contributed by atoms with van der Waals surface area (Å²) in [5.74, 6) is -1.96. The largest absolute Gasteiger partial charge is 0.475 e. The summed E-state index contributed by atoms with van der Waals surface area (Å²) in [6.07, 6.45) is 6.88. The first-order valence-corrected chi connectivity index (χ1v) is 6.63. The number of aromatic carboxylic acids is 1. The molecule has 1 heterocycles. The van der Waals surface area contributed by atoms with Gasteiger partial charge in [-0.2, -0.15) is 0 Å². The molecule has 0 radical (unpaired) electrons. The van der Waals surface area contributed by atoms with Gasteiger partial charge < -0.3 is 14.9 Å². The molecule has 1 aromatic rings. The molecule has 0 bridgehead atoms. The van der Waals surface area contributed by atoms with Crippen molar-refractivity contribution in [3.05, 3.63) is 17.5 Å². The molecule has 0 spiro atoms. The van der Waals surface area contributed by atoms with Crippen LogP contribution in [0.2, 0.25) is 0 Å². The van der Waals surface area contributed by atoms with E-state index in [4.69, 9.17) is 5.11 Å². The van der Waals surface area contributed by atoms with E-state index >= 15 is 0 Å². The summed E-state index contributed by atoms with van der Waals surface area (Å²) < 4.78 is 4.51. The lowest BCUT2D eigenvalue weighted by Crippen LogP contribution is -2.24. The van der Waals surface area contributed by atoms with Crippen LogP contribution in [-0.4, -0.2) is 28.7 Å². The van der Waals surface area contributed by atoms with E-state index in [0.717, 1.165) is 18.9 Å². The third-order valence-corrected chi connectivity index (χ3v) is 2.77. The standard InChI is InChI=1S/C13H20N2O4/c1-2-3-4-5-6-7-8-14-12(16)10-9-11(13(17)18)19-15-10/h9H,2-8H2,1H3,(H,14,16)(H,17,18). The summed E-state index contributed by atoms with van der Waals surface area (Å²) in [6.45, 7) is 2.74. The van der Waals surface area contributed by atoms with Crippen molar-refractivity contribution in [2.75, 3.05) is 6.54 Å². The lowest BCUT2D eigenvalue weighted by atomic mass is 10.1. The average Bonchev–Trinajstić information content (AvgIpc) is 2.87. The first kappa shape index (κ1) is 15.2. The number of hydrogen-bond donors (Lipinski definition) is 2. The summed E-state index contributed by atoms with van der Waals surface area (Å²) in [4.78, 5) is 22.1. The van der Waals surface area contributed by atoms with Crippen LogP contribution < -0.4 is 5.32 Å². The fourth-order valence-electron chi connectivity index (χ4n) is 1.68. The zero-order valence-corrected chi connectivity index (χ0v) is 11.1. The molecule has 0 unspecified atom stereocenters. The maximum Gasteiger partial charge on any atom is 0.374 e. The second-order valence-electron chi connectivity index (χ2n) is 4.41. The Bertz CT molecular complexity index is 415. The minimum absolute atomic E-state index is 0.00313. The molecule has 0 aliphatic carbocycles. The zero-order valence-electron chi connectivity index (χ0n) is 11.1. The van der Waals surface area contributed by atoms with E-state index in [1.807, 2.05) is 0 Å². The highest BCUT2D eigenvalue weighted by atomic mass is 16.5. The van der Waals surface area contributed by atoms with E-state index in [0.29, 0.717) is 6.54 Å². The summed E-state index contributed by atoms with van der Waals surface area (Å²) >= 11 is 0. The SMILES string of the molecule is CCCCCCCCNC(=O)c1cc(C(=O)O)on1. The molecule has 6 heteroatoms. The van der Waals surface area contributed by atoms with Gasteiger partial charge in [-0.3, -0.25) is 4.79 Å². The monoisotopic (exact) mass is 268 g/mol. The number of carboxylic acid groups (broad SMARTS) is 1. The normalized spacial score (nSPS) is 10.4. The first-order valence-electron chi connectivity index (χ1n) is 6.63. The number of aromatic nitrogens is 1. The van der Waals surface area contributed by atoms with Crippen molar-refractivity contribution in [2.45, 2.75) is 45.4 Å². The number of hydrogen-bond acceptors (Lipinski definition) is 4. The van der Waals surface area contributed by atoms with Crippen LogP contribution in [0.5, 0.6) is 0 Å². The number of carbonyl (C=O) groups excluding carboxylic acids is 1. The van der Waals surface area contributed by atoms with E-state index in [1.54, 1.807) is 0 Å². The molecule has 0 fully saturated rings. The maximum absolute atomic E-state index is 11.6. The summed E-state index contributed by atoms with van der Waals surface area (Å²) in [6, 6.07) is 1.12. The second kappa shape index (κ2) is 8.29. The number of nitrogens with one attached hydrogen (secondary N) is 1. The highest BCUT2D eigenvalue weighted by Crippen LogP contribution is 2.05. The van der Waals surface area contributed by atoms with Crippen LogP contribution in [0.25, 0.3) is 0 Å². The molecule has 1 aromatic heterocycles. The third kappa shape index (κ3) is 5.54. The van der Waals surface area contributed by atoms with Crippen LogP contribution >= 0.6 is 0 Å². The Hall–Kier alpha value is -1.85. The second-order valence-corrected chi connectivity index (χ2v) is 4.41. The van der Waals surface area contributed by atoms with Crippen LogP contribution in [-0.2, 0) is 0 Å². The van der Waals surface area contributed by atoms with Gasteiger partial charge in [-0.1, -0.05) is 44.2 Å². The molecular weight excluding hydrogens is 248 g/mol. The van der Waals surface area contributed by atoms with E-state index in [9.17, 15) is 9.59 Å². The van der Waals surface area contributed by atoms with Gasteiger partial charge in [-0.25, -0.2) is 4.79 Å². The molecule has 19 heavy (non-hydrogen) atoms. The Morgan fingerprint density at radius 3 is 2.58 bits per heavy atom. The molecule has 1 amide bonds. The molecule has 2 N–H and O–H groups in total. The van der Waals surface area contributed by atoms with Gasteiger partial charge in [-0.05, 0) is 6.42 Å². The molecule has 0 aliphatic rings. The van der Waals surface area contributed by atoms with Crippen LogP contribution in [0.1, 0.15) is 66.5 Å². The van der Waals surface area contributed by atoms with Gasteiger partial charge in [0.05, 0.1) is 0 Å². The Balaban J connectivity index is 2.18. The number of carbonyl (C=O) groups is 2. The molecule has 0 saturated heterocycles. The molecule has 0 aliphatic heterocycles. The minimum atomic E-state index is -1.23. The molecule has 1 rings (SSSR count). The van der Waals surface area contributed by atoms with Gasteiger partial charge in [-0.15, -0.1) is 0 Å². The van der Waals surface area contributed by atoms with Gasteiger partial charge in [0.2, 0.25) is 5.76 Å². The van der Waals surface area contributed by atoms with E-state index in [1.165, 1.54) is 25.7 Å². The smallest absolute Gasteiger partial charge is 0.374 e. The fourth-order valence-corrected chi connectivity index (χ4v) is 1.68. The highest BCUT2D eigenvalue weighted by Gasteiger charge is 2.15. The van der Waals surface area contributed by atoms with E-state index in [2.05, 4.69) is 21.9 Å². The Kier molecular flexibility index (Phi) is 6.63. The fraction of sp³-hybridized carbons (Fsp3) is 0.615. The Labute approximate surface area is 112 Å². The molecule has 0 aromatic carbocycles. The quantitative estimate of drug-likeness (QED) is 0.671. The van der Waals surface area contributed by atoms with E-state index < -0.39 is 11.9 Å². The number of nitrogens with zero attached hydrogens (tertiary/aromatic N) is 1. The maximum atomic E-state index is 11.6.